The Bertz CT molecular complexity index is 841. The molecule has 0 aromatic heterocycles. The van der Waals surface area contributed by atoms with Crippen LogP contribution in [0.15, 0.2) is 29.2 Å². The van der Waals surface area contributed by atoms with Crippen LogP contribution < -0.4 is 0 Å². The van der Waals surface area contributed by atoms with E-state index in [0.29, 0.717) is 38.8 Å². The second-order valence-corrected chi connectivity index (χ2v) is 9.19. The van der Waals surface area contributed by atoms with Crippen LogP contribution in [0.4, 0.5) is 0 Å². The van der Waals surface area contributed by atoms with Crippen LogP contribution in [0.3, 0.4) is 0 Å². The van der Waals surface area contributed by atoms with Crippen molar-refractivity contribution in [3.63, 3.8) is 0 Å². The van der Waals surface area contributed by atoms with Crippen molar-refractivity contribution in [1.82, 2.24) is 9.80 Å². The number of morpholine rings is 1. The Morgan fingerprint density at radius 3 is 2.18 bits per heavy atom. The number of aryl methyl sites for hydroxylation is 1. The van der Waals surface area contributed by atoms with Crippen LogP contribution in [0.2, 0.25) is 0 Å². The van der Waals surface area contributed by atoms with E-state index in [2.05, 4.69) is 0 Å². The molecule has 2 aliphatic rings. The van der Waals surface area contributed by atoms with Crippen molar-refractivity contribution < 1.29 is 27.5 Å². The molecule has 152 valence electrons. The van der Waals surface area contributed by atoms with Gasteiger partial charge in [-0.05, 0) is 37.0 Å². The maximum absolute atomic E-state index is 12.5. The molecule has 2 heterocycles. The molecule has 0 N–H and O–H groups in total. The molecule has 9 heteroatoms. The first-order valence-corrected chi connectivity index (χ1v) is 11.1. The van der Waals surface area contributed by atoms with Crippen molar-refractivity contribution in [3.05, 3.63) is 29.8 Å². The molecular weight excluding hydrogens is 384 g/mol. The molecule has 0 bridgehead atoms. The summed E-state index contributed by atoms with van der Waals surface area (Å²) < 4.78 is 27.9. The second kappa shape index (κ2) is 8.40. The van der Waals surface area contributed by atoms with E-state index in [4.69, 9.17) is 4.74 Å². The van der Waals surface area contributed by atoms with Gasteiger partial charge in [0, 0.05) is 31.8 Å². The summed E-state index contributed by atoms with van der Waals surface area (Å²) >= 11 is 0. The number of rotatable bonds is 5. The average molecular weight is 408 g/mol. The van der Waals surface area contributed by atoms with Crippen LogP contribution in [0.5, 0.6) is 0 Å². The lowest BCUT2D eigenvalue weighted by Crippen LogP contribution is -2.55. The van der Waals surface area contributed by atoms with Gasteiger partial charge in [0.25, 0.3) is 11.8 Å². The van der Waals surface area contributed by atoms with E-state index in [9.17, 15) is 22.8 Å². The lowest BCUT2D eigenvalue weighted by molar-refractivity contribution is -0.162. The standard InChI is InChI=1S/C19H24N2O6S/c1-28(25,26)16-5-2-14(3-6-16)4-7-17(22)20-10-8-15(9-11-20)21-18(23)12-27-13-19(21)24/h2-3,5-6,15H,4,7-13H2,1H3. The van der Waals surface area contributed by atoms with E-state index in [0.717, 1.165) is 11.8 Å². The van der Waals surface area contributed by atoms with Crippen molar-refractivity contribution in [3.8, 4) is 0 Å². The number of hydrogen-bond donors (Lipinski definition) is 0. The van der Waals surface area contributed by atoms with Crippen LogP contribution in [0, 0.1) is 0 Å². The van der Waals surface area contributed by atoms with Gasteiger partial charge in [0.05, 0.1) is 4.90 Å². The van der Waals surface area contributed by atoms with E-state index in [1.54, 1.807) is 29.2 Å². The van der Waals surface area contributed by atoms with Gasteiger partial charge in [-0.15, -0.1) is 0 Å². The van der Waals surface area contributed by atoms with Gasteiger partial charge < -0.3 is 9.64 Å². The Morgan fingerprint density at radius 2 is 1.64 bits per heavy atom. The number of piperidine rings is 1. The predicted molar refractivity (Wildman–Crippen MR) is 100 cm³/mol. The summed E-state index contributed by atoms with van der Waals surface area (Å²) in [6.07, 6.45) is 3.17. The first-order valence-electron chi connectivity index (χ1n) is 9.25. The van der Waals surface area contributed by atoms with Crippen molar-refractivity contribution >= 4 is 27.6 Å². The Hall–Kier alpha value is -2.26. The molecular formula is C19H24N2O6S. The number of carbonyl (C=O) groups is 3. The fraction of sp³-hybridized carbons (Fsp3) is 0.526. The molecule has 0 atom stereocenters. The fourth-order valence-corrected chi connectivity index (χ4v) is 4.23. The minimum atomic E-state index is -3.23. The third kappa shape index (κ3) is 4.77. The third-order valence-corrected chi connectivity index (χ3v) is 6.28. The molecule has 3 rings (SSSR count). The summed E-state index contributed by atoms with van der Waals surface area (Å²) in [4.78, 5) is 39.6. The normalized spacial score (nSPS) is 19.2. The number of carbonyl (C=O) groups excluding carboxylic acids is 3. The number of ether oxygens (including phenoxy) is 1. The summed E-state index contributed by atoms with van der Waals surface area (Å²) in [5.41, 5.74) is 0.903. The predicted octanol–water partition coefficient (Wildman–Crippen LogP) is 0.399. The average Bonchev–Trinajstić information content (AvgIpc) is 2.66. The number of hydrogen-bond acceptors (Lipinski definition) is 6. The van der Waals surface area contributed by atoms with Crippen LogP contribution in [0.1, 0.15) is 24.8 Å². The smallest absolute Gasteiger partial charge is 0.255 e. The van der Waals surface area contributed by atoms with Gasteiger partial charge in [0.2, 0.25) is 5.91 Å². The van der Waals surface area contributed by atoms with Crippen LogP contribution in [0.25, 0.3) is 0 Å². The minimum absolute atomic E-state index is 0.0188. The molecule has 28 heavy (non-hydrogen) atoms. The fourth-order valence-electron chi connectivity index (χ4n) is 3.60. The molecule has 0 saturated carbocycles. The number of nitrogens with zero attached hydrogens (tertiary/aromatic N) is 2. The zero-order chi connectivity index (χ0) is 20.3. The highest BCUT2D eigenvalue weighted by Crippen LogP contribution is 2.20. The zero-order valence-electron chi connectivity index (χ0n) is 15.8. The SMILES string of the molecule is CS(=O)(=O)c1ccc(CCC(=O)N2CCC(N3C(=O)COCC3=O)CC2)cc1. The molecule has 2 saturated heterocycles. The maximum atomic E-state index is 12.5. The minimum Gasteiger partial charge on any atom is -0.362 e. The highest BCUT2D eigenvalue weighted by molar-refractivity contribution is 7.90. The largest absolute Gasteiger partial charge is 0.362 e. The number of likely N-dealkylation sites (tertiary alicyclic amines) is 1. The Morgan fingerprint density at radius 1 is 1.07 bits per heavy atom. The maximum Gasteiger partial charge on any atom is 0.255 e. The number of imide groups is 1. The Labute approximate surface area is 164 Å². The van der Waals surface area contributed by atoms with Gasteiger partial charge in [0.1, 0.15) is 13.2 Å². The molecule has 2 aliphatic heterocycles. The van der Waals surface area contributed by atoms with Gasteiger partial charge >= 0.3 is 0 Å². The molecule has 8 nitrogen and oxygen atoms in total. The summed E-state index contributed by atoms with van der Waals surface area (Å²) in [6.45, 7) is 0.884. The summed E-state index contributed by atoms with van der Waals surface area (Å²) in [5.74, 6) is -0.595. The Kier molecular flexibility index (Phi) is 6.14. The lowest BCUT2D eigenvalue weighted by Gasteiger charge is -2.38. The highest BCUT2D eigenvalue weighted by atomic mass is 32.2. The lowest BCUT2D eigenvalue weighted by atomic mass is 10.0. The second-order valence-electron chi connectivity index (χ2n) is 7.18. The molecule has 0 spiro atoms. The quantitative estimate of drug-likeness (QED) is 0.654. The summed E-state index contributed by atoms with van der Waals surface area (Å²) in [5, 5.41) is 0. The van der Waals surface area contributed by atoms with Crippen molar-refractivity contribution in [2.24, 2.45) is 0 Å². The van der Waals surface area contributed by atoms with Gasteiger partial charge in [-0.1, -0.05) is 12.1 Å². The first-order chi connectivity index (χ1) is 13.3. The molecule has 2 fully saturated rings. The van der Waals surface area contributed by atoms with Crippen molar-refractivity contribution in [2.75, 3.05) is 32.6 Å². The topological polar surface area (TPSA) is 101 Å². The molecule has 0 unspecified atom stereocenters. The van der Waals surface area contributed by atoms with E-state index < -0.39 is 9.84 Å². The number of benzene rings is 1. The summed E-state index contributed by atoms with van der Waals surface area (Å²) in [6, 6.07) is 6.39. The Balaban J connectivity index is 1.49. The van der Waals surface area contributed by atoms with Gasteiger partial charge in [-0.25, -0.2) is 8.42 Å². The van der Waals surface area contributed by atoms with Crippen LogP contribution in [-0.2, 0) is 35.4 Å². The first kappa shape index (κ1) is 20.5. The molecule has 3 amide bonds. The van der Waals surface area contributed by atoms with E-state index in [-0.39, 0.29) is 41.9 Å². The van der Waals surface area contributed by atoms with Gasteiger partial charge in [-0.2, -0.15) is 0 Å². The third-order valence-electron chi connectivity index (χ3n) is 5.15. The number of amides is 3. The molecule has 0 radical (unpaired) electrons. The highest BCUT2D eigenvalue weighted by Gasteiger charge is 2.35. The molecule has 1 aromatic rings. The van der Waals surface area contributed by atoms with E-state index in [1.165, 1.54) is 4.90 Å². The van der Waals surface area contributed by atoms with Gasteiger partial charge in [0.15, 0.2) is 9.84 Å². The van der Waals surface area contributed by atoms with Gasteiger partial charge in [-0.3, -0.25) is 19.3 Å². The van der Waals surface area contributed by atoms with E-state index >= 15 is 0 Å². The monoisotopic (exact) mass is 408 g/mol. The molecule has 0 aliphatic carbocycles. The number of sulfone groups is 1. The van der Waals surface area contributed by atoms with Crippen LogP contribution >= 0.6 is 0 Å². The zero-order valence-corrected chi connectivity index (χ0v) is 16.6. The summed E-state index contributed by atoms with van der Waals surface area (Å²) in [7, 11) is -3.23. The van der Waals surface area contributed by atoms with E-state index in [1.807, 2.05) is 0 Å². The van der Waals surface area contributed by atoms with Crippen molar-refractivity contribution in [2.45, 2.75) is 36.6 Å². The molecule has 1 aromatic carbocycles. The van der Waals surface area contributed by atoms with Crippen LogP contribution in [-0.4, -0.2) is 74.5 Å². The van der Waals surface area contributed by atoms with Crippen molar-refractivity contribution in [1.29, 1.82) is 0 Å².